The van der Waals surface area contributed by atoms with Crippen molar-refractivity contribution < 1.29 is 13.5 Å². The zero-order valence-electron chi connectivity index (χ0n) is 16.8. The lowest BCUT2D eigenvalue weighted by Crippen LogP contribution is -2.48. The average Bonchev–Trinajstić information content (AvgIpc) is 3.14. The van der Waals surface area contributed by atoms with Crippen LogP contribution in [0.25, 0.3) is 21.8 Å². The van der Waals surface area contributed by atoms with Gasteiger partial charge in [-0.15, -0.1) is 0 Å². The molecule has 162 valence electrons. The first-order valence-corrected chi connectivity index (χ1v) is 10.1. The van der Waals surface area contributed by atoms with Crippen molar-refractivity contribution in [1.82, 2.24) is 25.1 Å². The van der Waals surface area contributed by atoms with E-state index in [1.165, 1.54) is 16.8 Å². The Morgan fingerprint density at radius 3 is 2.72 bits per heavy atom. The molecule has 3 heterocycles. The van der Waals surface area contributed by atoms with Crippen molar-refractivity contribution >= 4 is 21.8 Å². The highest BCUT2D eigenvalue weighted by Crippen LogP contribution is 2.26. The molecule has 5 rings (SSSR count). The summed E-state index contributed by atoms with van der Waals surface area (Å²) in [4.78, 5) is 20.6. The van der Waals surface area contributed by atoms with Crippen molar-refractivity contribution in [2.75, 3.05) is 19.7 Å². The average molecular weight is 436 g/mol. The van der Waals surface area contributed by atoms with Gasteiger partial charge in [-0.1, -0.05) is 18.2 Å². The van der Waals surface area contributed by atoms with Crippen molar-refractivity contribution in [1.29, 1.82) is 5.26 Å². The molecule has 1 saturated heterocycles. The van der Waals surface area contributed by atoms with Crippen molar-refractivity contribution in [3.63, 3.8) is 0 Å². The van der Waals surface area contributed by atoms with Gasteiger partial charge in [0.25, 0.3) is 12.0 Å². The minimum atomic E-state index is -2.65. The number of aromatic nitrogens is 4. The van der Waals surface area contributed by atoms with Crippen LogP contribution in [-0.4, -0.2) is 45.9 Å². The van der Waals surface area contributed by atoms with Crippen LogP contribution in [-0.2, 0) is 6.42 Å². The summed E-state index contributed by atoms with van der Waals surface area (Å²) in [6, 6.07) is 12.3. The molecule has 8 nitrogen and oxygen atoms in total. The van der Waals surface area contributed by atoms with Crippen LogP contribution in [0.15, 0.2) is 41.2 Å². The fourth-order valence-corrected chi connectivity index (χ4v) is 3.79. The van der Waals surface area contributed by atoms with E-state index in [4.69, 9.17) is 4.74 Å². The summed E-state index contributed by atoms with van der Waals surface area (Å²) in [6.07, 6.45) is -2.32. The Bertz CT molecular complexity index is 1420. The molecule has 4 aromatic rings. The van der Waals surface area contributed by atoms with Crippen molar-refractivity contribution in [2.24, 2.45) is 0 Å². The van der Waals surface area contributed by atoms with Gasteiger partial charge in [-0.05, 0) is 12.1 Å². The summed E-state index contributed by atoms with van der Waals surface area (Å²) in [7, 11) is 0. The monoisotopic (exact) mass is 436 g/mol. The maximum atomic E-state index is 12.9. The standard InChI is InChI=1S/C22H18F2N6O2/c23-20(24)11-32-19-6-18-17(5-12(19)8-25)27-21(28-18)7-16-14-3-1-2-4-15(14)22(31)30(29-16)13-9-26-10-13/h1-6,13,20,26H,7,9-11H2,(H,27,28). The summed E-state index contributed by atoms with van der Waals surface area (Å²) in [6.45, 7) is 0.576. The second kappa shape index (κ2) is 8.01. The van der Waals surface area contributed by atoms with E-state index >= 15 is 0 Å². The molecule has 0 saturated carbocycles. The number of halogens is 2. The Morgan fingerprint density at radius 1 is 1.25 bits per heavy atom. The molecule has 0 radical (unpaired) electrons. The number of H-pyrrole nitrogens is 1. The fourth-order valence-electron chi connectivity index (χ4n) is 3.79. The Balaban J connectivity index is 1.55. The fraction of sp³-hybridized carbons (Fsp3) is 0.273. The summed E-state index contributed by atoms with van der Waals surface area (Å²) in [5.74, 6) is 0.637. The molecule has 1 aliphatic rings. The first-order valence-electron chi connectivity index (χ1n) is 10.1. The number of nitriles is 1. The molecule has 0 spiro atoms. The highest BCUT2D eigenvalue weighted by Gasteiger charge is 2.23. The van der Waals surface area contributed by atoms with Gasteiger partial charge in [0.2, 0.25) is 0 Å². The summed E-state index contributed by atoms with van der Waals surface area (Å²) < 4.78 is 31.7. The molecule has 2 aromatic heterocycles. The van der Waals surface area contributed by atoms with E-state index in [0.717, 1.165) is 5.39 Å². The van der Waals surface area contributed by atoms with Crippen LogP contribution < -0.4 is 15.6 Å². The Hall–Kier alpha value is -3.84. The Kier molecular flexibility index (Phi) is 5.03. The lowest BCUT2D eigenvalue weighted by atomic mass is 10.1. The number of nitrogens with zero attached hydrogens (tertiary/aromatic N) is 4. The number of benzene rings is 2. The van der Waals surface area contributed by atoms with Crippen molar-refractivity contribution in [3.8, 4) is 11.8 Å². The highest BCUT2D eigenvalue weighted by atomic mass is 19.3. The molecule has 10 heteroatoms. The van der Waals surface area contributed by atoms with E-state index in [1.54, 1.807) is 6.07 Å². The van der Waals surface area contributed by atoms with E-state index in [2.05, 4.69) is 20.4 Å². The number of aromatic amines is 1. The van der Waals surface area contributed by atoms with E-state index in [1.807, 2.05) is 24.3 Å². The summed E-state index contributed by atoms with van der Waals surface area (Å²) in [5.41, 5.74) is 1.79. The second-order valence-electron chi connectivity index (χ2n) is 7.59. The molecule has 2 aromatic carbocycles. The molecule has 1 aliphatic heterocycles. The smallest absolute Gasteiger partial charge is 0.274 e. The molecule has 2 N–H and O–H groups in total. The largest absolute Gasteiger partial charge is 0.486 e. The number of hydrogen-bond donors (Lipinski definition) is 2. The van der Waals surface area contributed by atoms with Crippen molar-refractivity contribution in [3.05, 3.63) is 63.8 Å². The summed E-state index contributed by atoms with van der Waals surface area (Å²) >= 11 is 0. The number of hydrogen-bond acceptors (Lipinski definition) is 6. The van der Waals surface area contributed by atoms with Crippen LogP contribution >= 0.6 is 0 Å². The number of nitrogens with one attached hydrogen (secondary N) is 2. The van der Waals surface area contributed by atoms with Gasteiger partial charge in [0.1, 0.15) is 24.3 Å². The molecule has 0 amide bonds. The molecule has 1 fully saturated rings. The lowest BCUT2D eigenvalue weighted by molar-refractivity contribution is 0.0818. The Morgan fingerprint density at radius 2 is 2.03 bits per heavy atom. The third-order valence-electron chi connectivity index (χ3n) is 5.46. The van der Waals surface area contributed by atoms with Gasteiger partial charge in [0, 0.05) is 24.5 Å². The minimum absolute atomic E-state index is 0.00857. The van der Waals surface area contributed by atoms with Gasteiger partial charge in [-0.3, -0.25) is 4.79 Å². The number of ether oxygens (including phenoxy) is 1. The van der Waals surface area contributed by atoms with Crippen molar-refractivity contribution in [2.45, 2.75) is 18.9 Å². The zero-order chi connectivity index (χ0) is 22.2. The van der Waals surface area contributed by atoms with E-state index in [0.29, 0.717) is 47.4 Å². The molecular formula is C22H18F2N6O2. The first kappa shape index (κ1) is 20.1. The van der Waals surface area contributed by atoms with Gasteiger partial charge in [0.05, 0.1) is 40.1 Å². The first-order chi connectivity index (χ1) is 15.5. The van der Waals surface area contributed by atoms with Gasteiger partial charge < -0.3 is 15.0 Å². The lowest BCUT2D eigenvalue weighted by Gasteiger charge is -2.28. The molecule has 32 heavy (non-hydrogen) atoms. The molecule has 0 unspecified atom stereocenters. The Labute approximate surface area is 180 Å². The van der Waals surface area contributed by atoms with Gasteiger partial charge in [-0.25, -0.2) is 18.4 Å². The number of imidazole rings is 1. The maximum absolute atomic E-state index is 12.9. The van der Waals surface area contributed by atoms with Crippen LogP contribution in [0.4, 0.5) is 8.78 Å². The topological polar surface area (TPSA) is 109 Å². The third kappa shape index (κ3) is 3.56. The normalized spacial score (nSPS) is 14.1. The maximum Gasteiger partial charge on any atom is 0.274 e. The van der Waals surface area contributed by atoms with Crippen LogP contribution in [0.1, 0.15) is 23.1 Å². The van der Waals surface area contributed by atoms with Crippen LogP contribution in [0, 0.1) is 11.3 Å². The molecular weight excluding hydrogens is 418 g/mol. The van der Waals surface area contributed by atoms with Crippen LogP contribution in [0.5, 0.6) is 5.75 Å². The number of alkyl halides is 2. The third-order valence-corrected chi connectivity index (χ3v) is 5.46. The SMILES string of the molecule is N#Cc1cc2[nH]c(Cc3nn(C4CNC4)c(=O)c4ccccc34)nc2cc1OCC(F)F. The highest BCUT2D eigenvalue weighted by molar-refractivity contribution is 5.84. The van der Waals surface area contributed by atoms with Crippen LogP contribution in [0.2, 0.25) is 0 Å². The number of fused-ring (bicyclic) bond motifs is 2. The summed E-state index contributed by atoms with van der Waals surface area (Å²) in [5, 5.41) is 18.5. The zero-order valence-corrected chi connectivity index (χ0v) is 16.8. The second-order valence-corrected chi connectivity index (χ2v) is 7.59. The van der Waals surface area contributed by atoms with Gasteiger partial charge in [0.15, 0.2) is 0 Å². The van der Waals surface area contributed by atoms with Gasteiger partial charge in [-0.2, -0.15) is 10.4 Å². The quantitative estimate of drug-likeness (QED) is 0.481. The van der Waals surface area contributed by atoms with Crippen LogP contribution in [0.3, 0.4) is 0 Å². The molecule has 0 bridgehead atoms. The molecule has 0 atom stereocenters. The van der Waals surface area contributed by atoms with E-state index in [9.17, 15) is 18.8 Å². The molecule has 0 aliphatic carbocycles. The van der Waals surface area contributed by atoms with E-state index < -0.39 is 13.0 Å². The minimum Gasteiger partial charge on any atom is -0.486 e. The van der Waals surface area contributed by atoms with E-state index in [-0.39, 0.29) is 22.9 Å². The predicted octanol–water partition coefficient (Wildman–Crippen LogP) is 2.52. The predicted molar refractivity (Wildman–Crippen MR) is 113 cm³/mol. The van der Waals surface area contributed by atoms with Gasteiger partial charge >= 0.3 is 0 Å². The number of rotatable bonds is 6.